The van der Waals surface area contributed by atoms with E-state index in [0.29, 0.717) is 0 Å². The molecular weight excluding hydrogens is 260 g/mol. The van der Waals surface area contributed by atoms with Gasteiger partial charge in [0, 0.05) is 0 Å². The van der Waals surface area contributed by atoms with Crippen molar-refractivity contribution in [1.29, 1.82) is 0 Å². The van der Waals surface area contributed by atoms with E-state index in [1.54, 1.807) is 0 Å². The van der Waals surface area contributed by atoms with Gasteiger partial charge < -0.3 is 4.74 Å². The molecule has 0 saturated carbocycles. The standard InChI is InChI=1S/C19H20O2/c1-4-6-15-7-5-8-18(13-15)17-11-9-16(10-12-17)14(2)19(20)21-3/h4-14H,1-3H3/b6-4+. The number of ether oxygens (including phenoxy) is 1. The molecular formula is C19H20O2. The molecule has 2 heteroatoms. The Morgan fingerprint density at radius 2 is 1.81 bits per heavy atom. The molecule has 2 aromatic rings. The van der Waals surface area contributed by atoms with E-state index >= 15 is 0 Å². The Hall–Kier alpha value is -2.35. The normalized spacial score (nSPS) is 12.3. The van der Waals surface area contributed by atoms with Gasteiger partial charge in [0.1, 0.15) is 0 Å². The van der Waals surface area contributed by atoms with E-state index in [-0.39, 0.29) is 11.9 Å². The molecule has 0 heterocycles. The van der Waals surface area contributed by atoms with E-state index in [2.05, 4.69) is 30.3 Å². The molecule has 0 spiro atoms. The molecule has 2 nitrogen and oxygen atoms in total. The smallest absolute Gasteiger partial charge is 0.312 e. The summed E-state index contributed by atoms with van der Waals surface area (Å²) < 4.78 is 4.78. The summed E-state index contributed by atoms with van der Waals surface area (Å²) in [5, 5.41) is 0. The molecule has 0 radical (unpaired) electrons. The zero-order chi connectivity index (χ0) is 15.2. The van der Waals surface area contributed by atoms with E-state index in [1.807, 2.05) is 44.2 Å². The van der Waals surface area contributed by atoms with Gasteiger partial charge in [-0.3, -0.25) is 4.79 Å². The second-order valence-corrected chi connectivity index (χ2v) is 4.99. The minimum Gasteiger partial charge on any atom is -0.469 e. The molecule has 0 bridgehead atoms. The van der Waals surface area contributed by atoms with Gasteiger partial charge in [-0.2, -0.15) is 0 Å². The first-order valence-electron chi connectivity index (χ1n) is 7.06. The topological polar surface area (TPSA) is 26.3 Å². The second-order valence-electron chi connectivity index (χ2n) is 4.99. The van der Waals surface area contributed by atoms with Crippen molar-refractivity contribution in [1.82, 2.24) is 0 Å². The van der Waals surface area contributed by atoms with Crippen LogP contribution in [0.5, 0.6) is 0 Å². The van der Waals surface area contributed by atoms with Crippen molar-refractivity contribution in [2.75, 3.05) is 7.11 Å². The van der Waals surface area contributed by atoms with Crippen molar-refractivity contribution in [3.05, 3.63) is 65.7 Å². The molecule has 0 aliphatic carbocycles. The van der Waals surface area contributed by atoms with Crippen LogP contribution in [0.3, 0.4) is 0 Å². The second kappa shape index (κ2) is 6.89. The maximum Gasteiger partial charge on any atom is 0.312 e. The highest BCUT2D eigenvalue weighted by Crippen LogP contribution is 2.24. The minimum atomic E-state index is -0.238. The summed E-state index contributed by atoms with van der Waals surface area (Å²) in [5.74, 6) is -0.448. The van der Waals surface area contributed by atoms with Gasteiger partial charge in [-0.25, -0.2) is 0 Å². The molecule has 2 aromatic carbocycles. The molecule has 1 atom stereocenters. The Morgan fingerprint density at radius 1 is 1.10 bits per heavy atom. The Morgan fingerprint density at radius 3 is 2.43 bits per heavy atom. The van der Waals surface area contributed by atoms with Crippen molar-refractivity contribution >= 4 is 12.0 Å². The molecule has 21 heavy (non-hydrogen) atoms. The van der Waals surface area contributed by atoms with Crippen LogP contribution in [0.4, 0.5) is 0 Å². The highest BCUT2D eigenvalue weighted by molar-refractivity contribution is 5.78. The summed E-state index contributed by atoms with van der Waals surface area (Å²) in [7, 11) is 1.42. The largest absolute Gasteiger partial charge is 0.469 e. The lowest BCUT2D eigenvalue weighted by molar-refractivity contribution is -0.141. The molecule has 0 amide bonds. The lowest BCUT2D eigenvalue weighted by Crippen LogP contribution is -2.10. The van der Waals surface area contributed by atoms with Crippen molar-refractivity contribution in [2.45, 2.75) is 19.8 Å². The highest BCUT2D eigenvalue weighted by Gasteiger charge is 2.15. The fourth-order valence-electron chi connectivity index (χ4n) is 2.29. The maximum absolute atomic E-state index is 11.6. The Balaban J connectivity index is 2.26. The highest BCUT2D eigenvalue weighted by atomic mass is 16.5. The van der Waals surface area contributed by atoms with E-state index in [9.17, 15) is 4.79 Å². The number of allylic oxidation sites excluding steroid dienone is 1. The zero-order valence-electron chi connectivity index (χ0n) is 12.7. The number of hydrogen-bond acceptors (Lipinski definition) is 2. The number of esters is 1. The summed E-state index contributed by atoms with van der Waals surface area (Å²) in [6, 6.07) is 16.4. The van der Waals surface area contributed by atoms with Crippen LogP contribution in [-0.2, 0) is 9.53 Å². The van der Waals surface area contributed by atoms with Crippen molar-refractivity contribution < 1.29 is 9.53 Å². The Kier molecular flexibility index (Phi) is 4.94. The fourth-order valence-corrected chi connectivity index (χ4v) is 2.29. The fraction of sp³-hybridized carbons (Fsp3) is 0.211. The molecule has 2 rings (SSSR count). The maximum atomic E-state index is 11.6. The number of hydrogen-bond donors (Lipinski definition) is 0. The van der Waals surface area contributed by atoms with E-state index in [1.165, 1.54) is 18.2 Å². The first-order chi connectivity index (χ1) is 10.2. The molecule has 0 aliphatic rings. The van der Waals surface area contributed by atoms with Gasteiger partial charge in [-0.05, 0) is 42.2 Å². The van der Waals surface area contributed by atoms with Crippen molar-refractivity contribution in [3.63, 3.8) is 0 Å². The minimum absolute atomic E-state index is 0.210. The summed E-state index contributed by atoms with van der Waals surface area (Å²) >= 11 is 0. The van der Waals surface area contributed by atoms with Crippen LogP contribution in [0.25, 0.3) is 17.2 Å². The van der Waals surface area contributed by atoms with Gasteiger partial charge in [0.2, 0.25) is 0 Å². The van der Waals surface area contributed by atoms with Crippen LogP contribution in [0.2, 0.25) is 0 Å². The van der Waals surface area contributed by atoms with Crippen LogP contribution in [0.1, 0.15) is 30.9 Å². The van der Waals surface area contributed by atoms with Crippen LogP contribution in [0, 0.1) is 0 Å². The quantitative estimate of drug-likeness (QED) is 0.761. The van der Waals surface area contributed by atoms with Gasteiger partial charge in [0.25, 0.3) is 0 Å². The summed E-state index contributed by atoms with van der Waals surface area (Å²) in [6.45, 7) is 3.86. The third-order valence-corrected chi connectivity index (χ3v) is 3.54. The van der Waals surface area contributed by atoms with Crippen LogP contribution < -0.4 is 0 Å². The van der Waals surface area contributed by atoms with Crippen LogP contribution in [0.15, 0.2) is 54.6 Å². The predicted octanol–water partition coefficient (Wildman–Crippen LogP) is 4.66. The zero-order valence-corrected chi connectivity index (χ0v) is 12.7. The number of carbonyl (C=O) groups is 1. The number of carbonyl (C=O) groups excluding carboxylic acids is 1. The van der Waals surface area contributed by atoms with Gasteiger partial charge >= 0.3 is 5.97 Å². The van der Waals surface area contributed by atoms with Gasteiger partial charge in [0.05, 0.1) is 13.0 Å². The van der Waals surface area contributed by atoms with Crippen molar-refractivity contribution in [2.24, 2.45) is 0 Å². The number of methoxy groups -OCH3 is 1. The third kappa shape index (κ3) is 3.60. The lowest BCUT2D eigenvalue weighted by Gasteiger charge is -2.10. The third-order valence-electron chi connectivity index (χ3n) is 3.54. The van der Waals surface area contributed by atoms with Gasteiger partial charge in [0.15, 0.2) is 0 Å². The number of rotatable bonds is 4. The first-order valence-corrected chi connectivity index (χ1v) is 7.06. The van der Waals surface area contributed by atoms with Crippen LogP contribution >= 0.6 is 0 Å². The molecule has 108 valence electrons. The molecule has 0 aliphatic heterocycles. The van der Waals surface area contributed by atoms with Gasteiger partial charge in [-0.1, -0.05) is 54.6 Å². The average Bonchev–Trinajstić information content (AvgIpc) is 2.54. The van der Waals surface area contributed by atoms with Crippen LogP contribution in [-0.4, -0.2) is 13.1 Å². The molecule has 0 aromatic heterocycles. The van der Waals surface area contributed by atoms with E-state index < -0.39 is 0 Å². The van der Waals surface area contributed by atoms with E-state index in [0.717, 1.165) is 11.1 Å². The number of benzene rings is 2. The summed E-state index contributed by atoms with van der Waals surface area (Å²) in [6.07, 6.45) is 4.11. The summed E-state index contributed by atoms with van der Waals surface area (Å²) in [4.78, 5) is 11.6. The lowest BCUT2D eigenvalue weighted by atomic mass is 9.97. The molecule has 1 unspecified atom stereocenters. The van der Waals surface area contributed by atoms with Crippen molar-refractivity contribution in [3.8, 4) is 11.1 Å². The Bertz CT molecular complexity index is 639. The Labute approximate surface area is 126 Å². The first kappa shape index (κ1) is 15.0. The molecule has 0 saturated heterocycles. The average molecular weight is 280 g/mol. The molecule has 0 fully saturated rings. The SMILES string of the molecule is C/C=C/c1cccc(-c2ccc(C(C)C(=O)OC)cc2)c1. The van der Waals surface area contributed by atoms with E-state index in [4.69, 9.17) is 4.74 Å². The molecule has 0 N–H and O–H groups in total. The summed E-state index contributed by atoms with van der Waals surface area (Å²) in [5.41, 5.74) is 4.46. The van der Waals surface area contributed by atoms with Gasteiger partial charge in [-0.15, -0.1) is 0 Å². The monoisotopic (exact) mass is 280 g/mol. The predicted molar refractivity (Wildman–Crippen MR) is 87.0 cm³/mol.